The summed E-state index contributed by atoms with van der Waals surface area (Å²) >= 11 is 0. The van der Waals surface area contributed by atoms with Crippen LogP contribution in [0.25, 0.3) is 0 Å². The summed E-state index contributed by atoms with van der Waals surface area (Å²) in [5.74, 6) is 1.60. The van der Waals surface area contributed by atoms with E-state index in [0.717, 1.165) is 30.0 Å². The molecule has 3 rings (SSSR count). The van der Waals surface area contributed by atoms with E-state index in [-0.39, 0.29) is 5.91 Å². The van der Waals surface area contributed by atoms with Gasteiger partial charge in [-0.05, 0) is 37.6 Å². The van der Waals surface area contributed by atoms with Crippen LogP contribution in [0, 0.1) is 0 Å². The van der Waals surface area contributed by atoms with Gasteiger partial charge in [-0.25, -0.2) is 4.68 Å². The van der Waals surface area contributed by atoms with Crippen molar-refractivity contribution < 1.29 is 9.53 Å². The van der Waals surface area contributed by atoms with E-state index in [1.807, 2.05) is 47.0 Å². The van der Waals surface area contributed by atoms with E-state index in [4.69, 9.17) is 4.74 Å². The third kappa shape index (κ3) is 4.60. The van der Waals surface area contributed by atoms with Gasteiger partial charge in [0.25, 0.3) is 0 Å². The molecule has 25 heavy (non-hydrogen) atoms. The fourth-order valence-electron chi connectivity index (χ4n) is 3.42. The minimum Gasteiger partial charge on any atom is -0.497 e. The molecule has 0 unspecified atom stereocenters. The summed E-state index contributed by atoms with van der Waals surface area (Å²) < 4.78 is 7.21. The van der Waals surface area contributed by atoms with Crippen LogP contribution in [0.15, 0.2) is 36.5 Å². The molecule has 0 saturated heterocycles. The van der Waals surface area contributed by atoms with Crippen molar-refractivity contribution >= 4 is 11.7 Å². The molecule has 134 valence electrons. The average Bonchev–Trinajstić information content (AvgIpc) is 3.25. The number of carbonyl (C=O) groups is 1. The molecule has 0 atom stereocenters. The summed E-state index contributed by atoms with van der Waals surface area (Å²) in [5, 5.41) is 7.39. The van der Waals surface area contributed by atoms with Gasteiger partial charge in [0.05, 0.1) is 25.9 Å². The Morgan fingerprint density at radius 2 is 2.16 bits per heavy atom. The van der Waals surface area contributed by atoms with Gasteiger partial charge in [-0.3, -0.25) is 9.69 Å². The highest BCUT2D eigenvalue weighted by molar-refractivity contribution is 5.91. The quantitative estimate of drug-likeness (QED) is 0.840. The minimum absolute atomic E-state index is 0.0230. The summed E-state index contributed by atoms with van der Waals surface area (Å²) in [6, 6.07) is 10.2. The Morgan fingerprint density at radius 1 is 1.36 bits per heavy atom. The van der Waals surface area contributed by atoms with Crippen molar-refractivity contribution in [3.05, 3.63) is 42.1 Å². The normalized spacial score (nSPS) is 14.8. The number of hydrogen-bond acceptors (Lipinski definition) is 4. The lowest BCUT2D eigenvalue weighted by Gasteiger charge is -2.18. The van der Waals surface area contributed by atoms with Gasteiger partial charge in [-0.1, -0.05) is 25.0 Å². The molecule has 1 aliphatic carbocycles. The van der Waals surface area contributed by atoms with Crippen molar-refractivity contribution in [2.75, 3.05) is 26.0 Å². The maximum atomic E-state index is 12.4. The number of likely N-dealkylation sites (N-methyl/N-ethyl adjacent to an activating group) is 1. The van der Waals surface area contributed by atoms with E-state index in [9.17, 15) is 4.79 Å². The molecular formula is C19H26N4O2. The third-order valence-electron chi connectivity index (χ3n) is 4.61. The van der Waals surface area contributed by atoms with E-state index in [0.29, 0.717) is 19.1 Å². The second-order valence-corrected chi connectivity index (χ2v) is 6.67. The van der Waals surface area contributed by atoms with Crippen LogP contribution in [0.5, 0.6) is 5.75 Å². The zero-order valence-corrected chi connectivity index (χ0v) is 14.9. The second kappa shape index (κ2) is 8.16. The van der Waals surface area contributed by atoms with Gasteiger partial charge >= 0.3 is 0 Å². The number of rotatable bonds is 7. The molecule has 1 saturated carbocycles. The summed E-state index contributed by atoms with van der Waals surface area (Å²) in [6.45, 7) is 1.01. The van der Waals surface area contributed by atoms with Crippen LogP contribution in [-0.4, -0.2) is 41.3 Å². The van der Waals surface area contributed by atoms with Crippen molar-refractivity contribution in [1.29, 1.82) is 0 Å². The molecule has 6 nitrogen and oxygen atoms in total. The zero-order chi connectivity index (χ0) is 17.6. The van der Waals surface area contributed by atoms with Gasteiger partial charge in [0.1, 0.15) is 11.6 Å². The predicted molar refractivity (Wildman–Crippen MR) is 97.7 cm³/mol. The fourth-order valence-corrected chi connectivity index (χ4v) is 3.42. The first-order valence-electron chi connectivity index (χ1n) is 8.80. The molecule has 1 aliphatic rings. The van der Waals surface area contributed by atoms with E-state index in [2.05, 4.69) is 10.4 Å². The van der Waals surface area contributed by atoms with Crippen molar-refractivity contribution in [2.24, 2.45) is 0 Å². The van der Waals surface area contributed by atoms with Crippen LogP contribution in [0.4, 0.5) is 5.82 Å². The zero-order valence-electron chi connectivity index (χ0n) is 14.9. The molecule has 2 aromatic rings. The van der Waals surface area contributed by atoms with E-state index in [1.54, 1.807) is 13.3 Å². The molecule has 0 bridgehead atoms. The van der Waals surface area contributed by atoms with Crippen LogP contribution in [0.2, 0.25) is 0 Å². The largest absolute Gasteiger partial charge is 0.497 e. The van der Waals surface area contributed by atoms with Crippen molar-refractivity contribution in [3.63, 3.8) is 0 Å². The molecule has 0 spiro atoms. The lowest BCUT2D eigenvalue weighted by molar-refractivity contribution is -0.117. The molecule has 1 aromatic carbocycles. The van der Waals surface area contributed by atoms with Gasteiger partial charge in [0.2, 0.25) is 5.91 Å². The van der Waals surface area contributed by atoms with Gasteiger partial charge < -0.3 is 10.1 Å². The third-order valence-corrected chi connectivity index (χ3v) is 4.61. The van der Waals surface area contributed by atoms with Crippen LogP contribution in [0.1, 0.15) is 37.3 Å². The Kier molecular flexibility index (Phi) is 5.71. The number of hydrogen-bond donors (Lipinski definition) is 1. The van der Waals surface area contributed by atoms with E-state index < -0.39 is 0 Å². The number of nitrogens with zero attached hydrogens (tertiary/aromatic N) is 3. The Balaban J connectivity index is 1.54. The van der Waals surface area contributed by atoms with Crippen LogP contribution >= 0.6 is 0 Å². The molecule has 1 fully saturated rings. The van der Waals surface area contributed by atoms with Crippen LogP contribution in [-0.2, 0) is 11.3 Å². The molecule has 1 aromatic heterocycles. The number of carbonyl (C=O) groups excluding carboxylic acids is 1. The molecule has 0 aliphatic heterocycles. The maximum absolute atomic E-state index is 12.4. The molecule has 1 N–H and O–H groups in total. The summed E-state index contributed by atoms with van der Waals surface area (Å²) in [5.41, 5.74) is 1.12. The maximum Gasteiger partial charge on any atom is 0.239 e. The number of nitrogens with one attached hydrogen (secondary N) is 1. The first-order valence-corrected chi connectivity index (χ1v) is 8.80. The average molecular weight is 342 g/mol. The molecular weight excluding hydrogens is 316 g/mol. The first kappa shape index (κ1) is 17.5. The Morgan fingerprint density at radius 3 is 2.92 bits per heavy atom. The van der Waals surface area contributed by atoms with E-state index in [1.165, 1.54) is 12.8 Å². The number of benzene rings is 1. The lowest BCUT2D eigenvalue weighted by Crippen LogP contribution is -2.30. The predicted octanol–water partition coefficient (Wildman–Crippen LogP) is 3.08. The monoisotopic (exact) mass is 342 g/mol. The highest BCUT2D eigenvalue weighted by Gasteiger charge is 2.20. The SMILES string of the molecule is COc1cccc(CN(C)CC(=O)Nc2ccnn2C2CCCC2)c1. The van der Waals surface area contributed by atoms with Gasteiger partial charge in [0, 0.05) is 12.6 Å². The number of anilines is 1. The van der Waals surface area contributed by atoms with E-state index >= 15 is 0 Å². The Labute approximate surface area is 148 Å². The molecule has 1 heterocycles. The van der Waals surface area contributed by atoms with Crippen molar-refractivity contribution in [3.8, 4) is 5.75 Å². The standard InChI is InChI=1S/C19H26N4O2/c1-22(13-15-6-5-9-17(12-15)25-2)14-19(24)21-18-10-11-20-23(18)16-7-3-4-8-16/h5-6,9-12,16H,3-4,7-8,13-14H2,1-2H3,(H,21,24). The second-order valence-electron chi connectivity index (χ2n) is 6.67. The Hall–Kier alpha value is -2.34. The highest BCUT2D eigenvalue weighted by Crippen LogP contribution is 2.31. The van der Waals surface area contributed by atoms with Crippen LogP contribution in [0.3, 0.4) is 0 Å². The van der Waals surface area contributed by atoms with Crippen molar-refractivity contribution in [2.45, 2.75) is 38.3 Å². The molecule has 6 heteroatoms. The Bertz CT molecular complexity index is 707. The summed E-state index contributed by atoms with van der Waals surface area (Å²) in [7, 11) is 3.59. The van der Waals surface area contributed by atoms with Crippen molar-refractivity contribution in [1.82, 2.24) is 14.7 Å². The number of amides is 1. The van der Waals surface area contributed by atoms with Gasteiger partial charge in [0.15, 0.2) is 0 Å². The minimum atomic E-state index is -0.0230. The molecule has 0 radical (unpaired) electrons. The summed E-state index contributed by atoms with van der Waals surface area (Å²) in [4.78, 5) is 14.4. The van der Waals surface area contributed by atoms with Crippen LogP contribution < -0.4 is 10.1 Å². The number of methoxy groups -OCH3 is 1. The smallest absolute Gasteiger partial charge is 0.239 e. The van der Waals surface area contributed by atoms with Gasteiger partial charge in [-0.2, -0.15) is 5.10 Å². The highest BCUT2D eigenvalue weighted by atomic mass is 16.5. The first-order chi connectivity index (χ1) is 12.2. The number of ether oxygens (including phenoxy) is 1. The summed E-state index contributed by atoms with van der Waals surface area (Å²) in [6.07, 6.45) is 6.51. The lowest BCUT2D eigenvalue weighted by atomic mass is 10.2. The topological polar surface area (TPSA) is 59.4 Å². The number of aromatic nitrogens is 2. The van der Waals surface area contributed by atoms with Gasteiger partial charge in [-0.15, -0.1) is 0 Å². The molecule has 1 amide bonds. The fraction of sp³-hybridized carbons (Fsp3) is 0.474.